The molecule has 0 aliphatic carbocycles. The fourth-order valence-electron chi connectivity index (χ4n) is 3.65. The Morgan fingerprint density at radius 3 is 2.32 bits per heavy atom. The number of H-pyrrole nitrogens is 1. The van der Waals surface area contributed by atoms with E-state index in [0.717, 1.165) is 0 Å². The van der Waals surface area contributed by atoms with E-state index >= 15 is 0 Å². The highest BCUT2D eigenvalue weighted by atomic mass is 16.6. The molecule has 0 radical (unpaired) electrons. The summed E-state index contributed by atoms with van der Waals surface area (Å²) < 4.78 is 15.1. The number of amides is 3. The summed E-state index contributed by atoms with van der Waals surface area (Å²) in [5.41, 5.74) is 1.22. The molecule has 3 aromatic rings. The van der Waals surface area contributed by atoms with Crippen molar-refractivity contribution in [2.24, 2.45) is 0 Å². The van der Waals surface area contributed by atoms with Crippen LogP contribution in [0.4, 0.5) is 21.9 Å². The Morgan fingerprint density at radius 2 is 1.71 bits per heavy atom. The van der Waals surface area contributed by atoms with Crippen molar-refractivity contribution >= 4 is 35.0 Å². The molecule has 200 valence electrons. The third-order valence-electron chi connectivity index (χ3n) is 5.37. The second kappa shape index (κ2) is 10.9. The summed E-state index contributed by atoms with van der Waals surface area (Å²) in [5.74, 6) is -1.88. The molecule has 1 saturated heterocycles. The van der Waals surface area contributed by atoms with Crippen LogP contribution in [0.3, 0.4) is 0 Å². The van der Waals surface area contributed by atoms with Crippen LogP contribution in [-0.2, 0) is 19.1 Å². The molecule has 1 aliphatic rings. The van der Waals surface area contributed by atoms with Gasteiger partial charge in [-0.05, 0) is 69.3 Å². The maximum atomic E-state index is 13.1. The molecular weight excluding hydrogens is 498 g/mol. The number of anilines is 3. The van der Waals surface area contributed by atoms with Gasteiger partial charge in [-0.3, -0.25) is 24.4 Å². The van der Waals surface area contributed by atoms with E-state index in [0.29, 0.717) is 22.6 Å². The van der Waals surface area contributed by atoms with E-state index in [2.05, 4.69) is 25.3 Å². The Labute approximate surface area is 216 Å². The zero-order chi connectivity index (χ0) is 27.4. The van der Waals surface area contributed by atoms with Crippen LogP contribution in [0, 0.1) is 0 Å². The number of morpholine rings is 1. The molecule has 13 heteroatoms. The molecule has 2 heterocycles. The lowest BCUT2D eigenvalue weighted by Crippen LogP contribution is -2.55. The first-order valence-corrected chi connectivity index (χ1v) is 11.7. The molecule has 2 atom stereocenters. The number of benzene rings is 2. The minimum Gasteiger partial charge on any atom is -0.444 e. The number of aliphatic hydroxyl groups is 1. The Bertz CT molecular complexity index is 1360. The molecule has 4 rings (SSSR count). The quantitative estimate of drug-likeness (QED) is 0.375. The Balaban J connectivity index is 1.37. The number of aromatic nitrogens is 2. The van der Waals surface area contributed by atoms with Crippen LogP contribution in [0.25, 0.3) is 11.4 Å². The molecule has 38 heavy (non-hydrogen) atoms. The average molecular weight is 526 g/mol. The number of hydrogen-bond donors (Lipinski definition) is 4. The Morgan fingerprint density at radius 1 is 1.08 bits per heavy atom. The van der Waals surface area contributed by atoms with Crippen molar-refractivity contribution in [3.05, 3.63) is 59.1 Å². The molecule has 1 aromatic heterocycles. The first kappa shape index (κ1) is 26.6. The summed E-state index contributed by atoms with van der Waals surface area (Å²) in [5, 5.41) is 19.3. The predicted octanol–water partition coefficient (Wildman–Crippen LogP) is 2.11. The van der Waals surface area contributed by atoms with E-state index < -0.39 is 41.5 Å². The molecule has 3 amide bonds. The minimum absolute atomic E-state index is 0.100. The third kappa shape index (κ3) is 6.44. The van der Waals surface area contributed by atoms with E-state index in [1.54, 1.807) is 57.2 Å². The van der Waals surface area contributed by atoms with Gasteiger partial charge in [0.1, 0.15) is 5.60 Å². The molecule has 13 nitrogen and oxygen atoms in total. The van der Waals surface area contributed by atoms with Crippen LogP contribution in [-0.4, -0.2) is 64.1 Å². The highest BCUT2D eigenvalue weighted by molar-refractivity contribution is 6.04. The number of ether oxygens (including phenoxy) is 2. The van der Waals surface area contributed by atoms with Gasteiger partial charge >= 0.3 is 11.8 Å². The van der Waals surface area contributed by atoms with E-state index in [1.807, 2.05) is 0 Å². The summed E-state index contributed by atoms with van der Waals surface area (Å²) in [7, 11) is 0. The van der Waals surface area contributed by atoms with Gasteiger partial charge in [0, 0.05) is 29.2 Å². The zero-order valence-electron chi connectivity index (χ0n) is 20.9. The lowest BCUT2D eigenvalue weighted by atomic mass is 10.1. The van der Waals surface area contributed by atoms with Gasteiger partial charge in [-0.15, -0.1) is 0 Å². The molecular formula is C25H27N5O8. The fraction of sp³-hybridized carbons (Fsp3) is 0.320. The van der Waals surface area contributed by atoms with Crippen molar-refractivity contribution in [3.8, 4) is 11.4 Å². The van der Waals surface area contributed by atoms with Gasteiger partial charge in [-0.2, -0.15) is 0 Å². The van der Waals surface area contributed by atoms with Crippen molar-refractivity contribution < 1.29 is 33.5 Å². The molecule has 0 saturated carbocycles. The number of nitrogens with zero attached hydrogens (tertiary/aromatic N) is 2. The number of carbonyl (C=O) groups is 3. The molecule has 0 unspecified atom stereocenters. The summed E-state index contributed by atoms with van der Waals surface area (Å²) in [6, 6.07) is 12.7. The average Bonchev–Trinajstić information content (AvgIpc) is 3.30. The Kier molecular flexibility index (Phi) is 7.60. The smallest absolute Gasteiger partial charge is 0.439 e. The fourth-order valence-corrected chi connectivity index (χ4v) is 3.65. The predicted molar refractivity (Wildman–Crippen MR) is 136 cm³/mol. The number of aromatic amines is 1. The van der Waals surface area contributed by atoms with E-state index in [4.69, 9.17) is 9.47 Å². The van der Waals surface area contributed by atoms with Gasteiger partial charge < -0.3 is 24.8 Å². The van der Waals surface area contributed by atoms with Gasteiger partial charge in [-0.25, -0.2) is 9.59 Å². The molecule has 0 spiro atoms. The first-order chi connectivity index (χ1) is 18.0. The van der Waals surface area contributed by atoms with Crippen LogP contribution in [0.15, 0.2) is 57.8 Å². The normalized spacial score (nSPS) is 16.6. The number of carbonyl (C=O) groups excluding carboxylic acids is 3. The van der Waals surface area contributed by atoms with Crippen LogP contribution in [0.5, 0.6) is 0 Å². The van der Waals surface area contributed by atoms with E-state index in [9.17, 15) is 24.3 Å². The van der Waals surface area contributed by atoms with Crippen molar-refractivity contribution in [1.29, 1.82) is 0 Å². The standard InChI is InChI=1S/C25H27N5O8/c1-25(2,3)37-23(34)27-16-8-10-17(11-9-16)30-12-13-36-19(22(30)33)18(31)21(32)26-15-6-4-14(5-7-15)20-28-24(35)38-29-20/h4-11,18-19,31H,12-13H2,1-3H3,(H,26,32)(H,27,34)(H,28,29,35)/t18-,19-/m1/s1. The molecule has 1 aliphatic heterocycles. The van der Waals surface area contributed by atoms with Crippen molar-refractivity contribution in [2.45, 2.75) is 38.6 Å². The Hall–Kier alpha value is -4.49. The maximum Gasteiger partial charge on any atom is 0.439 e. The van der Waals surface area contributed by atoms with Crippen LogP contribution in [0.1, 0.15) is 20.8 Å². The van der Waals surface area contributed by atoms with Crippen molar-refractivity contribution in [2.75, 3.05) is 28.7 Å². The second-order valence-electron chi connectivity index (χ2n) is 9.41. The van der Waals surface area contributed by atoms with Gasteiger partial charge in [0.25, 0.3) is 11.8 Å². The lowest BCUT2D eigenvalue weighted by Gasteiger charge is -2.34. The molecule has 4 N–H and O–H groups in total. The van der Waals surface area contributed by atoms with Gasteiger partial charge in [0.2, 0.25) is 0 Å². The lowest BCUT2D eigenvalue weighted by molar-refractivity contribution is -0.150. The second-order valence-corrected chi connectivity index (χ2v) is 9.41. The SMILES string of the molecule is CC(C)(C)OC(=O)Nc1ccc(N2CCO[C@H]([C@@H](O)C(=O)Nc3ccc(-c4noc(=O)[nH]4)cc3)C2=O)cc1. The number of aliphatic hydroxyl groups excluding tert-OH is 1. The van der Waals surface area contributed by atoms with Crippen molar-refractivity contribution in [1.82, 2.24) is 10.1 Å². The highest BCUT2D eigenvalue weighted by Crippen LogP contribution is 2.24. The summed E-state index contributed by atoms with van der Waals surface area (Å²) in [4.78, 5) is 52.6. The minimum atomic E-state index is -1.77. The molecule has 1 fully saturated rings. The topological polar surface area (TPSA) is 176 Å². The van der Waals surface area contributed by atoms with Crippen LogP contribution >= 0.6 is 0 Å². The van der Waals surface area contributed by atoms with E-state index in [1.165, 1.54) is 17.0 Å². The van der Waals surface area contributed by atoms with Crippen LogP contribution in [0.2, 0.25) is 0 Å². The van der Waals surface area contributed by atoms with Gasteiger partial charge in [-0.1, -0.05) is 5.16 Å². The van der Waals surface area contributed by atoms with Crippen LogP contribution < -0.4 is 21.3 Å². The van der Waals surface area contributed by atoms with Crippen molar-refractivity contribution in [3.63, 3.8) is 0 Å². The number of nitrogens with one attached hydrogen (secondary N) is 3. The number of hydrogen-bond acceptors (Lipinski definition) is 9. The number of rotatable bonds is 6. The van der Waals surface area contributed by atoms with E-state index in [-0.39, 0.29) is 19.0 Å². The summed E-state index contributed by atoms with van der Waals surface area (Å²) in [6.45, 7) is 5.58. The largest absolute Gasteiger partial charge is 0.444 e. The molecule has 0 bridgehead atoms. The maximum absolute atomic E-state index is 13.1. The highest BCUT2D eigenvalue weighted by Gasteiger charge is 2.39. The monoisotopic (exact) mass is 525 g/mol. The summed E-state index contributed by atoms with van der Waals surface area (Å²) in [6.07, 6.45) is -3.79. The van der Waals surface area contributed by atoms with Gasteiger partial charge in [0.15, 0.2) is 18.0 Å². The summed E-state index contributed by atoms with van der Waals surface area (Å²) >= 11 is 0. The third-order valence-corrected chi connectivity index (χ3v) is 5.37. The first-order valence-electron chi connectivity index (χ1n) is 11.7. The molecule has 2 aromatic carbocycles. The van der Waals surface area contributed by atoms with Gasteiger partial charge in [0.05, 0.1) is 6.61 Å². The zero-order valence-corrected chi connectivity index (χ0v) is 20.9.